The van der Waals surface area contributed by atoms with Gasteiger partial charge < -0.3 is 4.74 Å². The van der Waals surface area contributed by atoms with Crippen molar-refractivity contribution in [3.8, 4) is 22.6 Å². The highest BCUT2D eigenvalue weighted by atomic mass is 32.2. The smallest absolute Gasteiger partial charge is 0.268 e. The van der Waals surface area contributed by atoms with Gasteiger partial charge in [0, 0.05) is 10.9 Å². The lowest BCUT2D eigenvalue weighted by Crippen LogP contribution is -2.24. The first-order chi connectivity index (χ1) is 18.1. The molecule has 0 aliphatic carbocycles. The fourth-order valence-corrected chi connectivity index (χ4v) is 5.53. The van der Waals surface area contributed by atoms with Crippen LogP contribution in [-0.4, -0.2) is 34.5 Å². The number of aromatic nitrogens is 2. The fourth-order valence-electron chi connectivity index (χ4n) is 3.74. The topological polar surface area (TPSA) is 85.6 Å². The molecule has 0 spiro atoms. The second kappa shape index (κ2) is 11.2. The summed E-state index contributed by atoms with van der Waals surface area (Å²) in [6.07, 6.45) is 1.56. The van der Waals surface area contributed by atoms with E-state index in [2.05, 4.69) is 10.5 Å². The van der Waals surface area contributed by atoms with Crippen LogP contribution in [-0.2, 0) is 4.79 Å². The molecule has 0 fully saturated rings. The summed E-state index contributed by atoms with van der Waals surface area (Å²) in [5.74, 6) is 0.481. The molecule has 0 bridgehead atoms. The Bertz CT molecular complexity index is 1610. The van der Waals surface area contributed by atoms with Crippen molar-refractivity contribution < 1.29 is 9.53 Å². The average molecular weight is 527 g/mol. The molecule has 7 nitrogen and oxygen atoms in total. The molecule has 3 aromatic carbocycles. The molecule has 0 unspecified atom stereocenters. The van der Waals surface area contributed by atoms with Gasteiger partial charge in [0.1, 0.15) is 10.6 Å². The van der Waals surface area contributed by atoms with Gasteiger partial charge in [0.25, 0.3) is 11.5 Å². The number of hydrogen-bond donors (Lipinski definition) is 1. The molecule has 37 heavy (non-hydrogen) atoms. The number of hydrogen-bond acceptors (Lipinski definition) is 7. The van der Waals surface area contributed by atoms with E-state index in [-0.39, 0.29) is 17.2 Å². The number of thiophene rings is 1. The van der Waals surface area contributed by atoms with Gasteiger partial charge in [-0.05, 0) is 47.5 Å². The van der Waals surface area contributed by atoms with Crippen molar-refractivity contribution in [2.45, 2.75) is 5.16 Å². The molecular weight excluding hydrogens is 504 g/mol. The summed E-state index contributed by atoms with van der Waals surface area (Å²) in [6, 6.07) is 26.4. The first-order valence-corrected chi connectivity index (χ1v) is 13.2. The van der Waals surface area contributed by atoms with Crippen LogP contribution in [0.1, 0.15) is 5.56 Å². The minimum Gasteiger partial charge on any atom is -0.497 e. The van der Waals surface area contributed by atoms with Crippen LogP contribution in [0.15, 0.2) is 105 Å². The maximum Gasteiger partial charge on any atom is 0.268 e. The molecular formula is C28H22N4O3S2. The number of nitrogens with one attached hydrogen (secondary N) is 1. The van der Waals surface area contributed by atoms with E-state index >= 15 is 0 Å². The van der Waals surface area contributed by atoms with Crippen LogP contribution in [0, 0.1) is 0 Å². The zero-order chi connectivity index (χ0) is 25.6. The van der Waals surface area contributed by atoms with Crippen molar-refractivity contribution in [3.63, 3.8) is 0 Å². The van der Waals surface area contributed by atoms with Crippen LogP contribution in [0.2, 0.25) is 0 Å². The summed E-state index contributed by atoms with van der Waals surface area (Å²) in [5, 5.41) is 7.00. The minimum atomic E-state index is -0.306. The number of benzene rings is 3. The molecule has 1 N–H and O–H groups in total. The fraction of sp³-hybridized carbons (Fsp3) is 0.0714. The monoisotopic (exact) mass is 526 g/mol. The third-order valence-electron chi connectivity index (χ3n) is 5.53. The van der Waals surface area contributed by atoms with Gasteiger partial charge >= 0.3 is 0 Å². The van der Waals surface area contributed by atoms with Crippen molar-refractivity contribution in [1.82, 2.24) is 15.0 Å². The molecule has 0 aliphatic rings. The van der Waals surface area contributed by atoms with Crippen LogP contribution < -0.4 is 15.7 Å². The Hall–Kier alpha value is -4.21. The molecule has 5 aromatic rings. The number of fused-ring (bicyclic) bond motifs is 1. The molecule has 1 amide bonds. The summed E-state index contributed by atoms with van der Waals surface area (Å²) >= 11 is 2.61. The number of para-hydroxylation sites is 1. The Balaban J connectivity index is 1.41. The number of rotatable bonds is 8. The summed E-state index contributed by atoms with van der Waals surface area (Å²) in [4.78, 5) is 31.7. The standard InChI is InChI=1S/C28H22N4O3S2/c1-35-22-14-12-19(13-15-22)16-29-31-24(33)18-37-28-30-26-25(23(17-36-26)20-8-4-2-5-9-20)27(34)32(28)21-10-6-3-7-11-21/h2-17H,18H2,1H3,(H,31,33)/b29-16-. The maximum atomic E-state index is 13.8. The lowest BCUT2D eigenvalue weighted by molar-refractivity contribution is -0.118. The van der Waals surface area contributed by atoms with Gasteiger partial charge in [0.2, 0.25) is 0 Å². The van der Waals surface area contributed by atoms with E-state index in [0.29, 0.717) is 21.1 Å². The highest BCUT2D eigenvalue weighted by Crippen LogP contribution is 2.32. The number of hydrazone groups is 1. The predicted octanol–water partition coefficient (Wildman–Crippen LogP) is 5.37. The Kier molecular flexibility index (Phi) is 7.43. The van der Waals surface area contributed by atoms with Crippen LogP contribution in [0.5, 0.6) is 5.75 Å². The molecule has 5 rings (SSSR count). The number of ether oxygens (including phenoxy) is 1. The van der Waals surface area contributed by atoms with Crippen molar-refractivity contribution >= 4 is 45.4 Å². The highest BCUT2D eigenvalue weighted by molar-refractivity contribution is 7.99. The SMILES string of the molecule is COc1ccc(/C=N\NC(=O)CSc2nc3scc(-c4ccccc4)c3c(=O)n2-c2ccccc2)cc1. The number of amides is 1. The summed E-state index contributed by atoms with van der Waals surface area (Å²) in [6.45, 7) is 0. The quantitative estimate of drug-likeness (QED) is 0.127. The number of carbonyl (C=O) groups is 1. The van der Waals surface area contributed by atoms with E-state index in [1.807, 2.05) is 90.3 Å². The second-order valence-corrected chi connectivity index (χ2v) is 9.72. The molecule has 0 radical (unpaired) electrons. The molecule has 0 saturated carbocycles. The number of carbonyl (C=O) groups excluding carboxylic acids is 1. The van der Waals surface area contributed by atoms with Crippen LogP contribution >= 0.6 is 23.1 Å². The second-order valence-electron chi connectivity index (χ2n) is 7.92. The van der Waals surface area contributed by atoms with Crippen LogP contribution in [0.4, 0.5) is 0 Å². The molecule has 0 atom stereocenters. The highest BCUT2D eigenvalue weighted by Gasteiger charge is 2.19. The van der Waals surface area contributed by atoms with Gasteiger partial charge in [-0.2, -0.15) is 5.10 Å². The van der Waals surface area contributed by atoms with E-state index in [4.69, 9.17) is 9.72 Å². The van der Waals surface area contributed by atoms with Crippen LogP contribution in [0.25, 0.3) is 27.0 Å². The summed E-state index contributed by atoms with van der Waals surface area (Å²) in [5.41, 5.74) is 5.69. The Morgan fingerprint density at radius 2 is 1.76 bits per heavy atom. The largest absolute Gasteiger partial charge is 0.497 e. The van der Waals surface area contributed by atoms with Crippen molar-refractivity contribution in [2.75, 3.05) is 12.9 Å². The normalized spacial score (nSPS) is 11.2. The number of thioether (sulfide) groups is 1. The lowest BCUT2D eigenvalue weighted by Gasteiger charge is -2.12. The summed E-state index contributed by atoms with van der Waals surface area (Å²) < 4.78 is 6.71. The Labute approximate surface area is 221 Å². The van der Waals surface area contributed by atoms with Crippen molar-refractivity contribution in [3.05, 3.63) is 106 Å². The van der Waals surface area contributed by atoms with Gasteiger partial charge in [-0.1, -0.05) is 60.3 Å². The first-order valence-electron chi connectivity index (χ1n) is 11.4. The lowest BCUT2D eigenvalue weighted by atomic mass is 10.1. The van der Waals surface area contributed by atoms with Gasteiger partial charge in [-0.25, -0.2) is 10.4 Å². The van der Waals surface area contributed by atoms with Gasteiger partial charge in [-0.15, -0.1) is 11.3 Å². The molecule has 9 heteroatoms. The molecule has 2 aromatic heterocycles. The van der Waals surface area contributed by atoms with Crippen molar-refractivity contribution in [2.24, 2.45) is 5.10 Å². The zero-order valence-corrected chi connectivity index (χ0v) is 21.5. The number of methoxy groups -OCH3 is 1. The molecule has 184 valence electrons. The van der Waals surface area contributed by atoms with E-state index in [1.54, 1.807) is 17.9 Å². The average Bonchev–Trinajstić information content (AvgIpc) is 3.38. The predicted molar refractivity (Wildman–Crippen MR) is 150 cm³/mol. The molecule has 0 saturated heterocycles. The number of nitrogens with zero attached hydrogens (tertiary/aromatic N) is 3. The van der Waals surface area contributed by atoms with E-state index < -0.39 is 0 Å². The van der Waals surface area contributed by atoms with E-state index in [0.717, 1.165) is 22.4 Å². The molecule has 2 heterocycles. The zero-order valence-electron chi connectivity index (χ0n) is 19.8. The Morgan fingerprint density at radius 3 is 2.46 bits per heavy atom. The minimum absolute atomic E-state index is 0.0433. The van der Waals surface area contributed by atoms with Crippen LogP contribution in [0.3, 0.4) is 0 Å². The molecule has 0 aliphatic heterocycles. The van der Waals surface area contributed by atoms with Gasteiger partial charge in [0.05, 0.1) is 30.2 Å². The third-order valence-corrected chi connectivity index (χ3v) is 7.34. The maximum absolute atomic E-state index is 13.8. The Morgan fingerprint density at radius 1 is 1.05 bits per heavy atom. The third kappa shape index (κ3) is 5.47. The van der Waals surface area contributed by atoms with Crippen molar-refractivity contribution in [1.29, 1.82) is 0 Å². The van der Waals surface area contributed by atoms with E-state index in [9.17, 15) is 9.59 Å². The van der Waals surface area contributed by atoms with Gasteiger partial charge in [-0.3, -0.25) is 14.2 Å². The van der Waals surface area contributed by atoms with Gasteiger partial charge in [0.15, 0.2) is 5.16 Å². The summed E-state index contributed by atoms with van der Waals surface area (Å²) in [7, 11) is 1.60. The van der Waals surface area contributed by atoms with E-state index in [1.165, 1.54) is 23.1 Å². The first kappa shape index (κ1) is 24.5.